The van der Waals surface area contributed by atoms with Crippen LogP contribution < -0.4 is 11.1 Å². The summed E-state index contributed by atoms with van der Waals surface area (Å²) in [4.78, 5) is 65.7. The zero-order valence-corrected chi connectivity index (χ0v) is 24.6. The Kier molecular flexibility index (Phi) is 7.59. The Hall–Kier alpha value is -4.99. The fraction of sp³-hybridized carbons (Fsp3) is 0.310. The molecule has 236 valence electrons. The van der Waals surface area contributed by atoms with Gasteiger partial charge < -0.3 is 30.9 Å². The number of phenols is 1. The van der Waals surface area contributed by atoms with E-state index in [-0.39, 0.29) is 16.3 Å². The summed E-state index contributed by atoms with van der Waals surface area (Å²) in [5, 5.41) is 59.2. The smallest absolute Gasteiger partial charge is 0.412 e. The van der Waals surface area contributed by atoms with Gasteiger partial charge in [-0.1, -0.05) is 30.7 Å². The first kappa shape index (κ1) is 31.4. The summed E-state index contributed by atoms with van der Waals surface area (Å²) in [5.74, 6) is -10.4. The Bertz CT molecular complexity index is 1770. The van der Waals surface area contributed by atoms with Crippen molar-refractivity contribution in [3.8, 4) is 5.75 Å². The second kappa shape index (κ2) is 10.9. The number of primary amides is 1. The second-order valence-corrected chi connectivity index (χ2v) is 11.6. The lowest BCUT2D eigenvalue weighted by Gasteiger charge is -2.54. The Morgan fingerprint density at radius 3 is 2.42 bits per heavy atom. The third-order valence-corrected chi connectivity index (χ3v) is 8.84. The number of nitrogens with one attached hydrogen (secondary N) is 1. The van der Waals surface area contributed by atoms with Crippen molar-refractivity contribution in [1.29, 1.82) is 0 Å². The minimum atomic E-state index is -3.15. The first-order valence-corrected chi connectivity index (χ1v) is 13.8. The maximum absolute atomic E-state index is 14.3. The number of nitro groups is 1. The van der Waals surface area contributed by atoms with E-state index in [4.69, 9.17) is 22.1 Å². The molecule has 2 aromatic rings. The molecule has 0 aromatic heterocycles. The Balaban J connectivity index is 1.75. The van der Waals surface area contributed by atoms with Gasteiger partial charge >= 0.3 is 6.09 Å². The van der Waals surface area contributed by atoms with Gasteiger partial charge in [-0.2, -0.15) is 0 Å². The van der Waals surface area contributed by atoms with E-state index in [1.165, 1.54) is 37.2 Å². The highest BCUT2D eigenvalue weighted by atomic mass is 35.5. The molecule has 7 N–H and O–H groups in total. The maximum atomic E-state index is 14.3. The summed E-state index contributed by atoms with van der Waals surface area (Å²) in [6.45, 7) is 1.59. The molecule has 15 nitrogen and oxygen atoms in total. The number of aliphatic hydroxyl groups excluding tert-OH is 2. The summed E-state index contributed by atoms with van der Waals surface area (Å²) < 4.78 is 5.80. The van der Waals surface area contributed by atoms with Gasteiger partial charge in [-0.15, -0.1) is 0 Å². The normalized spacial score (nSPS) is 27.5. The molecule has 0 radical (unpaired) electrons. The highest BCUT2D eigenvalue weighted by Crippen LogP contribution is 2.57. The van der Waals surface area contributed by atoms with Gasteiger partial charge in [-0.3, -0.25) is 34.7 Å². The molecule has 3 aliphatic rings. The number of hydrogen-bond acceptors (Lipinski definition) is 12. The van der Waals surface area contributed by atoms with Gasteiger partial charge in [-0.05, 0) is 43.8 Å². The van der Waals surface area contributed by atoms with Crippen molar-refractivity contribution in [2.24, 2.45) is 17.6 Å². The van der Waals surface area contributed by atoms with E-state index in [9.17, 15) is 49.7 Å². The maximum Gasteiger partial charge on any atom is 0.412 e. The number of aliphatic hydroxyl groups is 3. The van der Waals surface area contributed by atoms with Gasteiger partial charge in [0.05, 0.1) is 22.4 Å². The lowest BCUT2D eigenvalue weighted by atomic mass is 9.54. The molecular formula is C29H27ClN4O11. The van der Waals surface area contributed by atoms with Crippen LogP contribution in [0.15, 0.2) is 53.3 Å². The number of fused-ring (bicyclic) bond motifs is 3. The number of nitro benzene ring substituents is 1. The van der Waals surface area contributed by atoms with Crippen LogP contribution in [0.1, 0.15) is 24.0 Å². The first-order chi connectivity index (χ1) is 21.0. The molecule has 5 rings (SSSR count). The number of carbonyl (C=O) groups is 4. The number of likely N-dealkylation sites (N-methyl/N-ethyl adjacent to an activating group) is 1. The molecule has 6 atom stereocenters. The number of phenolic OH excluding ortho intramolecular Hbond substituents is 1. The van der Waals surface area contributed by atoms with Gasteiger partial charge in [0.1, 0.15) is 34.6 Å². The Labute approximate surface area is 259 Å². The highest BCUT2D eigenvalue weighted by molar-refractivity contribution is 6.31. The number of nitrogens with zero attached hydrogens (tertiary/aromatic N) is 2. The zero-order chi connectivity index (χ0) is 33.3. The monoisotopic (exact) mass is 642 g/mol. The van der Waals surface area contributed by atoms with Crippen molar-refractivity contribution >= 4 is 52.3 Å². The molecule has 6 unspecified atom stereocenters. The molecule has 1 saturated carbocycles. The van der Waals surface area contributed by atoms with Crippen LogP contribution in [0.5, 0.6) is 5.75 Å². The molecule has 0 bridgehead atoms. The second-order valence-electron chi connectivity index (χ2n) is 11.2. The number of ether oxygens (including phenoxy) is 1. The van der Waals surface area contributed by atoms with Crippen molar-refractivity contribution in [2.45, 2.75) is 30.6 Å². The lowest BCUT2D eigenvalue weighted by Crippen LogP contribution is -2.71. The fourth-order valence-corrected chi connectivity index (χ4v) is 6.88. The topological polar surface area (TPSA) is 243 Å². The molecule has 0 aliphatic heterocycles. The SMILES string of the molecule is CC1c2cccc(O)c2C(O)=C2C(=O)C3(O)C(O)=C(C(N)=O)C(=O)C(N(C)C)C3C(OC(=O)Nc3ccc(Cl)cc3[N+](=O)[O-])C21. The molecular weight excluding hydrogens is 616 g/mol. The molecule has 2 aromatic carbocycles. The van der Waals surface area contributed by atoms with E-state index in [0.717, 1.165) is 12.1 Å². The van der Waals surface area contributed by atoms with Gasteiger partial charge in [0.25, 0.3) is 11.6 Å². The molecule has 0 spiro atoms. The van der Waals surface area contributed by atoms with Gasteiger partial charge in [0, 0.05) is 22.6 Å². The van der Waals surface area contributed by atoms with Crippen molar-refractivity contribution in [2.75, 3.05) is 19.4 Å². The number of ketones is 2. The quantitative estimate of drug-likeness (QED) is 0.156. The van der Waals surface area contributed by atoms with E-state index in [0.29, 0.717) is 5.56 Å². The molecule has 0 saturated heterocycles. The summed E-state index contributed by atoms with van der Waals surface area (Å²) in [7, 11) is 2.76. The number of halogens is 1. The zero-order valence-electron chi connectivity index (χ0n) is 23.8. The molecule has 45 heavy (non-hydrogen) atoms. The summed E-state index contributed by atoms with van der Waals surface area (Å²) in [6.07, 6.45) is -3.06. The Morgan fingerprint density at radius 1 is 1.16 bits per heavy atom. The largest absolute Gasteiger partial charge is 0.508 e. The van der Waals surface area contributed by atoms with Crippen LogP contribution in [-0.2, 0) is 19.1 Å². The molecule has 3 aliphatic carbocycles. The predicted octanol–water partition coefficient (Wildman–Crippen LogP) is 2.31. The van der Waals surface area contributed by atoms with E-state index in [1.807, 2.05) is 0 Å². The van der Waals surface area contributed by atoms with Crippen molar-refractivity contribution in [3.63, 3.8) is 0 Å². The average Bonchev–Trinajstić information content (AvgIpc) is 2.95. The number of amides is 2. The molecule has 0 heterocycles. The number of rotatable bonds is 5. The average molecular weight is 643 g/mol. The van der Waals surface area contributed by atoms with Crippen LogP contribution in [0.2, 0.25) is 5.02 Å². The number of aromatic hydroxyl groups is 1. The number of carbonyl (C=O) groups excluding carboxylic acids is 4. The van der Waals surface area contributed by atoms with Gasteiger partial charge in [0.2, 0.25) is 5.78 Å². The van der Waals surface area contributed by atoms with Crippen LogP contribution in [0, 0.1) is 22.0 Å². The van der Waals surface area contributed by atoms with E-state index in [2.05, 4.69) is 5.32 Å². The first-order valence-electron chi connectivity index (χ1n) is 13.4. The van der Waals surface area contributed by atoms with Crippen molar-refractivity contribution < 1.29 is 49.3 Å². The van der Waals surface area contributed by atoms with Crippen LogP contribution in [0.4, 0.5) is 16.2 Å². The third-order valence-electron chi connectivity index (χ3n) is 8.60. The minimum absolute atomic E-state index is 0.00161. The van der Waals surface area contributed by atoms with E-state index < -0.39 is 98.1 Å². The number of nitrogens with two attached hydrogens (primary N) is 1. The van der Waals surface area contributed by atoms with E-state index in [1.54, 1.807) is 13.0 Å². The lowest BCUT2D eigenvalue weighted by molar-refractivity contribution is -0.383. The number of Topliss-reactive ketones (excluding diaryl/α,β-unsaturated/α-hetero) is 2. The number of hydrogen-bond donors (Lipinski definition) is 6. The highest BCUT2D eigenvalue weighted by Gasteiger charge is 2.69. The number of benzene rings is 2. The van der Waals surface area contributed by atoms with Crippen LogP contribution >= 0.6 is 11.6 Å². The van der Waals surface area contributed by atoms with Gasteiger partial charge in [-0.25, -0.2) is 4.79 Å². The van der Waals surface area contributed by atoms with Crippen LogP contribution in [0.3, 0.4) is 0 Å². The van der Waals surface area contributed by atoms with Crippen molar-refractivity contribution in [3.05, 3.63) is 79.6 Å². The predicted molar refractivity (Wildman–Crippen MR) is 156 cm³/mol. The van der Waals surface area contributed by atoms with Crippen LogP contribution in [0.25, 0.3) is 5.76 Å². The third kappa shape index (κ3) is 4.58. The number of anilines is 1. The fourth-order valence-electron chi connectivity index (χ4n) is 6.71. The minimum Gasteiger partial charge on any atom is -0.508 e. The van der Waals surface area contributed by atoms with Crippen LogP contribution in [-0.4, -0.2) is 85.7 Å². The van der Waals surface area contributed by atoms with E-state index >= 15 is 0 Å². The molecule has 16 heteroatoms. The molecule has 2 amide bonds. The van der Waals surface area contributed by atoms with Gasteiger partial charge in [0.15, 0.2) is 11.4 Å². The molecule has 1 fully saturated rings. The summed E-state index contributed by atoms with van der Waals surface area (Å²) in [5.41, 5.74) is -0.141. The summed E-state index contributed by atoms with van der Waals surface area (Å²) >= 11 is 5.87. The summed E-state index contributed by atoms with van der Waals surface area (Å²) in [6, 6.07) is 6.07. The standard InChI is InChI=1S/C29H27ClN4O11/c1-10-12-5-4-6-15(35)17(12)22(36)18-16(10)24(45-28(41)32-13-8-7-11(30)9-14(13)34(43)44)20-21(33(2)3)23(37)19(27(31)40)26(39)29(20,42)25(18)38/h4-10,16,20-21,24,35-36,39,42H,1-3H3,(H2,31,40)(H,32,41). The Morgan fingerprint density at radius 2 is 1.82 bits per heavy atom. The van der Waals surface area contributed by atoms with Crippen molar-refractivity contribution in [1.82, 2.24) is 4.90 Å².